The van der Waals surface area contributed by atoms with E-state index in [1.807, 2.05) is 48.5 Å². The molecule has 0 radical (unpaired) electrons. The fraction of sp³-hybridized carbons (Fsp3) is 0.286. The first-order chi connectivity index (χ1) is 16.2. The van der Waals surface area contributed by atoms with Crippen LogP contribution in [0.5, 0.6) is 0 Å². The second-order valence-corrected chi connectivity index (χ2v) is 9.29. The molecule has 33 heavy (non-hydrogen) atoms. The number of nitrogens with zero attached hydrogens (tertiary/aromatic N) is 3. The van der Waals surface area contributed by atoms with E-state index in [1.54, 1.807) is 4.68 Å². The number of piperidine rings is 1. The molecule has 4 nitrogen and oxygen atoms in total. The van der Waals surface area contributed by atoms with E-state index in [0.717, 1.165) is 65.9 Å². The maximum atomic E-state index is 13.3. The van der Waals surface area contributed by atoms with Gasteiger partial charge in [-0.2, -0.15) is 5.10 Å². The van der Waals surface area contributed by atoms with Crippen molar-refractivity contribution in [3.63, 3.8) is 0 Å². The zero-order valence-electron chi connectivity index (χ0n) is 18.7. The van der Waals surface area contributed by atoms with Gasteiger partial charge in [0.2, 0.25) is 0 Å². The Morgan fingerprint density at radius 3 is 2.21 bits per heavy atom. The topological polar surface area (TPSA) is 38.1 Å². The molecule has 0 aliphatic carbocycles. The molecule has 1 aliphatic heterocycles. The second-order valence-electron chi connectivity index (χ2n) is 8.85. The Kier molecular flexibility index (Phi) is 6.56. The quantitative estimate of drug-likeness (QED) is 0.382. The highest BCUT2D eigenvalue weighted by atomic mass is 35.5. The Bertz CT molecular complexity index is 1280. The lowest BCUT2D eigenvalue weighted by atomic mass is 10.0. The number of fused-ring (bicyclic) bond motifs is 1. The smallest absolute Gasteiger partial charge is 0.274 e. The molecule has 0 saturated carbocycles. The van der Waals surface area contributed by atoms with E-state index in [2.05, 4.69) is 35.2 Å². The second kappa shape index (κ2) is 9.90. The maximum absolute atomic E-state index is 13.3. The van der Waals surface area contributed by atoms with Crippen molar-refractivity contribution in [1.29, 1.82) is 0 Å². The Labute approximate surface area is 199 Å². The average molecular weight is 458 g/mol. The molecular weight excluding hydrogens is 430 g/mol. The largest absolute Gasteiger partial charge is 0.303 e. The number of hydrogen-bond acceptors (Lipinski definition) is 3. The summed E-state index contributed by atoms with van der Waals surface area (Å²) in [5.74, 6) is 0. The monoisotopic (exact) mass is 457 g/mol. The summed E-state index contributed by atoms with van der Waals surface area (Å²) in [6, 6.07) is 26.5. The average Bonchev–Trinajstić information content (AvgIpc) is 2.87. The van der Waals surface area contributed by atoms with Crippen molar-refractivity contribution in [1.82, 2.24) is 14.7 Å². The lowest BCUT2D eigenvalue weighted by molar-refractivity contribution is 0.178. The van der Waals surface area contributed by atoms with Gasteiger partial charge in [0.15, 0.2) is 0 Å². The molecule has 0 spiro atoms. The zero-order chi connectivity index (χ0) is 22.6. The van der Waals surface area contributed by atoms with Gasteiger partial charge < -0.3 is 4.90 Å². The van der Waals surface area contributed by atoms with Crippen LogP contribution in [0.1, 0.15) is 35.7 Å². The lowest BCUT2D eigenvalue weighted by Gasteiger charge is -2.32. The molecule has 2 heterocycles. The highest BCUT2D eigenvalue weighted by Crippen LogP contribution is 2.24. The molecular formula is C28H28ClN3O. The van der Waals surface area contributed by atoms with Crippen LogP contribution in [0.2, 0.25) is 5.02 Å². The van der Waals surface area contributed by atoms with Gasteiger partial charge in [-0.3, -0.25) is 4.79 Å². The number of likely N-dealkylation sites (tertiary alicyclic amines) is 1. The summed E-state index contributed by atoms with van der Waals surface area (Å²) in [5.41, 5.74) is 3.48. The number of aromatic nitrogens is 2. The third kappa shape index (κ3) is 5.02. The molecule has 1 aromatic heterocycles. The Morgan fingerprint density at radius 2 is 1.48 bits per heavy atom. The Morgan fingerprint density at radius 1 is 0.818 bits per heavy atom. The maximum Gasteiger partial charge on any atom is 0.274 e. The van der Waals surface area contributed by atoms with Crippen molar-refractivity contribution in [3.05, 3.63) is 111 Å². The van der Waals surface area contributed by atoms with Gasteiger partial charge in [0.1, 0.15) is 0 Å². The summed E-state index contributed by atoms with van der Waals surface area (Å²) in [7, 11) is 0. The molecule has 5 heteroatoms. The highest BCUT2D eigenvalue weighted by molar-refractivity contribution is 6.30. The zero-order valence-corrected chi connectivity index (χ0v) is 19.4. The first kappa shape index (κ1) is 21.9. The molecule has 0 amide bonds. The molecule has 1 saturated heterocycles. The van der Waals surface area contributed by atoms with Crippen LogP contribution >= 0.6 is 11.6 Å². The van der Waals surface area contributed by atoms with Crippen molar-refractivity contribution >= 4 is 22.4 Å². The molecule has 4 aromatic rings. The Balaban J connectivity index is 1.35. The van der Waals surface area contributed by atoms with E-state index in [0.29, 0.717) is 6.42 Å². The molecule has 0 unspecified atom stereocenters. The fourth-order valence-corrected chi connectivity index (χ4v) is 4.89. The van der Waals surface area contributed by atoms with E-state index in [4.69, 9.17) is 16.7 Å². The van der Waals surface area contributed by atoms with E-state index in [1.165, 1.54) is 5.56 Å². The minimum Gasteiger partial charge on any atom is -0.303 e. The first-order valence-corrected chi connectivity index (χ1v) is 12.1. The molecule has 1 aliphatic rings. The number of benzene rings is 3. The van der Waals surface area contributed by atoms with E-state index in [-0.39, 0.29) is 11.6 Å². The van der Waals surface area contributed by atoms with Gasteiger partial charge in [-0.1, -0.05) is 72.3 Å². The van der Waals surface area contributed by atoms with Crippen LogP contribution in [-0.2, 0) is 12.8 Å². The van der Waals surface area contributed by atoms with Crippen LogP contribution in [0, 0.1) is 0 Å². The van der Waals surface area contributed by atoms with Gasteiger partial charge >= 0.3 is 0 Å². The molecule has 5 rings (SSSR count). The van der Waals surface area contributed by atoms with Crippen LogP contribution in [0.25, 0.3) is 10.8 Å². The minimum atomic E-state index is 0.0215. The normalized spacial score (nSPS) is 15.2. The van der Waals surface area contributed by atoms with Gasteiger partial charge in [-0.15, -0.1) is 0 Å². The van der Waals surface area contributed by atoms with Crippen molar-refractivity contribution in [2.24, 2.45) is 0 Å². The summed E-state index contributed by atoms with van der Waals surface area (Å²) >= 11 is 6.06. The van der Waals surface area contributed by atoms with Gasteiger partial charge in [0.25, 0.3) is 5.56 Å². The standard InChI is InChI=1S/C28H28ClN3O/c29-23-12-10-22(11-13-23)20-27-25-8-4-5-9-26(25)28(33)32(30-27)24-15-18-31(19-16-24)17-14-21-6-2-1-3-7-21/h1-13,24H,14-20H2. The number of hydrogen-bond donors (Lipinski definition) is 0. The molecule has 0 N–H and O–H groups in total. The first-order valence-electron chi connectivity index (χ1n) is 11.7. The van der Waals surface area contributed by atoms with E-state index >= 15 is 0 Å². The third-order valence-corrected chi connectivity index (χ3v) is 6.90. The lowest BCUT2D eigenvalue weighted by Crippen LogP contribution is -2.39. The SMILES string of the molecule is O=c1c2ccccc2c(Cc2ccc(Cl)cc2)nn1C1CCN(CCc2ccccc2)CC1. The van der Waals surface area contributed by atoms with Crippen molar-refractivity contribution in [2.75, 3.05) is 19.6 Å². The van der Waals surface area contributed by atoms with E-state index in [9.17, 15) is 4.79 Å². The van der Waals surface area contributed by atoms with Gasteiger partial charge in [0, 0.05) is 36.5 Å². The van der Waals surface area contributed by atoms with Crippen molar-refractivity contribution < 1.29 is 0 Å². The summed E-state index contributed by atoms with van der Waals surface area (Å²) in [4.78, 5) is 15.8. The summed E-state index contributed by atoms with van der Waals surface area (Å²) in [6.07, 6.45) is 3.62. The number of halogens is 1. The van der Waals surface area contributed by atoms with Gasteiger partial charge in [-0.25, -0.2) is 4.68 Å². The van der Waals surface area contributed by atoms with Crippen LogP contribution in [0.15, 0.2) is 83.7 Å². The molecule has 3 aromatic carbocycles. The van der Waals surface area contributed by atoms with Crippen LogP contribution < -0.4 is 5.56 Å². The van der Waals surface area contributed by atoms with Crippen molar-refractivity contribution in [2.45, 2.75) is 31.7 Å². The van der Waals surface area contributed by atoms with E-state index < -0.39 is 0 Å². The minimum absolute atomic E-state index is 0.0215. The summed E-state index contributed by atoms with van der Waals surface area (Å²) in [6.45, 7) is 3.04. The molecule has 0 bridgehead atoms. The predicted octanol–water partition coefficient (Wildman–Crippen LogP) is 5.52. The number of rotatable bonds is 6. The fourth-order valence-electron chi connectivity index (χ4n) is 4.77. The third-order valence-electron chi connectivity index (χ3n) is 6.65. The predicted molar refractivity (Wildman–Crippen MR) is 135 cm³/mol. The molecule has 1 fully saturated rings. The van der Waals surface area contributed by atoms with Crippen LogP contribution in [0.3, 0.4) is 0 Å². The summed E-state index contributed by atoms with van der Waals surface area (Å²) in [5, 5.41) is 7.33. The molecule has 0 atom stereocenters. The summed E-state index contributed by atoms with van der Waals surface area (Å²) < 4.78 is 1.77. The van der Waals surface area contributed by atoms with Crippen molar-refractivity contribution in [3.8, 4) is 0 Å². The van der Waals surface area contributed by atoms with Gasteiger partial charge in [-0.05, 0) is 48.6 Å². The van der Waals surface area contributed by atoms with Crippen LogP contribution in [0.4, 0.5) is 0 Å². The Hall–Kier alpha value is -2.95. The van der Waals surface area contributed by atoms with Gasteiger partial charge in [0.05, 0.1) is 17.1 Å². The molecule has 168 valence electrons. The van der Waals surface area contributed by atoms with Crippen LogP contribution in [-0.4, -0.2) is 34.3 Å². The highest BCUT2D eigenvalue weighted by Gasteiger charge is 2.23.